The molecule has 0 atom stereocenters. The van der Waals surface area contributed by atoms with E-state index < -0.39 is 20.2 Å². The van der Waals surface area contributed by atoms with Crippen molar-refractivity contribution in [1.82, 2.24) is 0 Å². The summed E-state index contributed by atoms with van der Waals surface area (Å²) in [7, 11) is -5.60. The van der Waals surface area contributed by atoms with Crippen LogP contribution in [0.5, 0.6) is 0 Å². The Morgan fingerprint density at radius 2 is 0.865 bits per heavy atom. The third-order valence-electron chi connectivity index (χ3n) is 6.28. The summed E-state index contributed by atoms with van der Waals surface area (Å²) in [6, 6.07) is 45.0. The second kappa shape index (κ2) is 27.8. The summed E-state index contributed by atoms with van der Waals surface area (Å²) in [5.41, 5.74) is 3.07. The summed E-state index contributed by atoms with van der Waals surface area (Å²) in [5.74, 6) is 0. The fourth-order valence-corrected chi connectivity index (χ4v) is 4.26. The van der Waals surface area contributed by atoms with E-state index in [0.29, 0.717) is 24.1 Å². The Bertz CT molecular complexity index is 1820. The standard InChI is InChI=1S/C13H12N2O3S.2C10H8.C2H6O3S.3C2H6.CH4/c1-19(16,17)18-15-12-7-11(8-12)13(9-14)10-5-3-2-4-6-10;2*1-2-6-10-8-4-3-7-9(10)5-1;1-5-6(2,3)4;3*1-2;/h2-6H,7-8H2,1H3;2*1-8H;1-2H3;3*1-2H3;1H4. The van der Waals surface area contributed by atoms with Gasteiger partial charge in [-0.05, 0) is 32.7 Å². The van der Waals surface area contributed by atoms with Gasteiger partial charge >= 0.3 is 10.1 Å². The molecule has 0 bridgehead atoms. The first-order valence-corrected chi connectivity index (χ1v) is 20.4. The summed E-state index contributed by atoms with van der Waals surface area (Å²) >= 11 is 0. The number of allylic oxidation sites excluding steroid dienone is 2. The van der Waals surface area contributed by atoms with Crippen molar-refractivity contribution >= 4 is 53.1 Å². The predicted molar refractivity (Wildman–Crippen MR) is 222 cm³/mol. The molecule has 1 fully saturated rings. The number of nitriles is 1. The van der Waals surface area contributed by atoms with Crippen LogP contribution in [0.25, 0.3) is 27.1 Å². The predicted octanol–water partition coefficient (Wildman–Crippen LogP) is 11.1. The van der Waals surface area contributed by atoms with Crippen LogP contribution >= 0.6 is 0 Å². The number of oxime groups is 1. The lowest BCUT2D eigenvalue weighted by Crippen LogP contribution is -2.17. The minimum Gasteiger partial charge on any atom is -0.274 e. The zero-order valence-corrected chi connectivity index (χ0v) is 32.8. The van der Waals surface area contributed by atoms with Crippen LogP contribution in [-0.4, -0.2) is 42.2 Å². The monoisotopic (exact) mass is 748 g/mol. The minimum atomic E-state index is -3.56. The molecule has 6 rings (SSSR count). The summed E-state index contributed by atoms with van der Waals surface area (Å²) in [6.45, 7) is 12.0. The van der Waals surface area contributed by atoms with E-state index in [0.717, 1.165) is 30.8 Å². The number of rotatable bonds is 4. The lowest BCUT2D eigenvalue weighted by molar-refractivity contribution is 0.340. The number of benzene rings is 5. The number of fused-ring (bicyclic) bond motifs is 2. The van der Waals surface area contributed by atoms with E-state index in [-0.39, 0.29) is 7.43 Å². The van der Waals surface area contributed by atoms with Crippen LogP contribution in [-0.2, 0) is 28.7 Å². The third kappa shape index (κ3) is 20.1. The highest BCUT2D eigenvalue weighted by molar-refractivity contribution is 7.86. The second-order valence-electron chi connectivity index (χ2n) is 9.81. The first-order chi connectivity index (χ1) is 24.5. The molecule has 0 aromatic heterocycles. The number of hydrogen-bond acceptors (Lipinski definition) is 8. The van der Waals surface area contributed by atoms with Gasteiger partial charge in [-0.15, -0.1) is 0 Å². The van der Waals surface area contributed by atoms with Crippen LogP contribution in [0.15, 0.2) is 138 Å². The van der Waals surface area contributed by atoms with Crippen LogP contribution in [0.1, 0.15) is 67.4 Å². The first kappa shape index (κ1) is 49.3. The van der Waals surface area contributed by atoms with Gasteiger partial charge < -0.3 is 0 Å². The van der Waals surface area contributed by atoms with Crippen LogP contribution < -0.4 is 0 Å². The van der Waals surface area contributed by atoms with E-state index in [1.807, 2.05) is 71.9 Å². The van der Waals surface area contributed by atoms with E-state index >= 15 is 0 Å². The van der Waals surface area contributed by atoms with Gasteiger partial charge in [-0.25, -0.2) is 0 Å². The average Bonchev–Trinajstić information content (AvgIpc) is 3.15. The fraction of sp³-hybridized carbons (Fsp3) is 0.286. The van der Waals surface area contributed by atoms with Gasteiger partial charge in [-0.1, -0.05) is 182 Å². The van der Waals surface area contributed by atoms with Crippen molar-refractivity contribution in [1.29, 1.82) is 5.26 Å². The van der Waals surface area contributed by atoms with Gasteiger partial charge in [-0.3, -0.25) is 8.47 Å². The van der Waals surface area contributed by atoms with Crippen LogP contribution in [0.3, 0.4) is 0 Å². The maximum Gasteiger partial charge on any atom is 0.325 e. The molecule has 5 aromatic carbocycles. The van der Waals surface area contributed by atoms with E-state index in [1.165, 1.54) is 21.5 Å². The maximum absolute atomic E-state index is 10.8. The molecule has 52 heavy (non-hydrogen) atoms. The average molecular weight is 749 g/mol. The molecule has 5 aromatic rings. The highest BCUT2D eigenvalue weighted by Crippen LogP contribution is 2.31. The zero-order valence-electron chi connectivity index (χ0n) is 31.2. The Balaban J connectivity index is 0. The molecule has 1 aliphatic carbocycles. The highest BCUT2D eigenvalue weighted by Gasteiger charge is 2.23. The SMILES string of the molecule is C.CC.CC.CC.COS(C)(=O)=O.CS(=O)(=O)ON=C1CC(=C(C#N)c2ccccc2)C1.c1ccc2ccccc2c1.c1ccc2ccccc2c1. The van der Waals surface area contributed by atoms with Gasteiger partial charge in [0.1, 0.15) is 0 Å². The Morgan fingerprint density at radius 3 is 1.12 bits per heavy atom. The second-order valence-corrected chi connectivity index (χ2v) is 13.1. The maximum atomic E-state index is 10.8. The molecule has 0 N–H and O–H groups in total. The molecule has 0 saturated heterocycles. The van der Waals surface area contributed by atoms with Crippen molar-refractivity contribution in [3.05, 3.63) is 139 Å². The molecule has 282 valence electrons. The molecular formula is C42H56N2O6S2. The summed E-state index contributed by atoms with van der Waals surface area (Å²) in [5, 5.41) is 18.0. The Morgan fingerprint density at radius 1 is 0.577 bits per heavy atom. The minimum absolute atomic E-state index is 0. The lowest BCUT2D eigenvalue weighted by atomic mass is 9.84. The largest absolute Gasteiger partial charge is 0.325 e. The van der Waals surface area contributed by atoms with Gasteiger partial charge in [0.15, 0.2) is 0 Å². The molecule has 0 radical (unpaired) electrons. The molecule has 1 saturated carbocycles. The van der Waals surface area contributed by atoms with E-state index in [1.54, 1.807) is 0 Å². The topological polar surface area (TPSA) is 123 Å². The molecule has 0 aliphatic heterocycles. The summed E-state index contributed by atoms with van der Waals surface area (Å²) in [6.07, 6.45) is 2.89. The molecule has 0 unspecified atom stereocenters. The van der Waals surface area contributed by atoms with Crippen LogP contribution in [0.4, 0.5) is 0 Å². The van der Waals surface area contributed by atoms with Crippen molar-refractivity contribution in [2.45, 2.75) is 61.8 Å². The third-order valence-corrected chi connectivity index (χ3v) is 7.24. The normalized spacial score (nSPS) is 10.8. The number of nitrogens with zero attached hydrogens (tertiary/aromatic N) is 2. The van der Waals surface area contributed by atoms with Crippen molar-refractivity contribution in [2.75, 3.05) is 19.6 Å². The van der Waals surface area contributed by atoms with Crippen LogP contribution in [0.2, 0.25) is 0 Å². The molecule has 8 nitrogen and oxygen atoms in total. The quantitative estimate of drug-likeness (QED) is 0.102. The zero-order chi connectivity index (χ0) is 38.7. The smallest absolute Gasteiger partial charge is 0.274 e. The molecular weight excluding hydrogens is 693 g/mol. The molecule has 0 heterocycles. The Hall–Kier alpha value is -4.82. The van der Waals surface area contributed by atoms with Gasteiger partial charge in [0.05, 0.1) is 37.0 Å². The summed E-state index contributed by atoms with van der Waals surface area (Å²) < 4.78 is 49.4. The fourth-order valence-electron chi connectivity index (χ4n) is 4.02. The van der Waals surface area contributed by atoms with Gasteiger partial charge in [0.2, 0.25) is 0 Å². The van der Waals surface area contributed by atoms with Crippen LogP contribution in [0, 0.1) is 11.3 Å². The lowest BCUT2D eigenvalue weighted by Gasteiger charge is -2.20. The van der Waals surface area contributed by atoms with Crippen molar-refractivity contribution < 1.29 is 25.3 Å². The summed E-state index contributed by atoms with van der Waals surface area (Å²) in [4.78, 5) is 0. The van der Waals surface area contributed by atoms with Gasteiger partial charge in [0.25, 0.3) is 10.1 Å². The van der Waals surface area contributed by atoms with E-state index in [4.69, 9.17) is 0 Å². The van der Waals surface area contributed by atoms with Gasteiger partial charge in [0, 0.05) is 12.8 Å². The molecule has 0 spiro atoms. The van der Waals surface area contributed by atoms with Gasteiger partial charge in [-0.2, -0.15) is 22.1 Å². The van der Waals surface area contributed by atoms with E-state index in [9.17, 15) is 22.1 Å². The first-order valence-electron chi connectivity index (χ1n) is 16.7. The number of hydrogen-bond donors (Lipinski definition) is 0. The molecule has 0 amide bonds. The van der Waals surface area contributed by atoms with Crippen molar-refractivity contribution in [2.24, 2.45) is 5.16 Å². The Labute approximate surface area is 313 Å². The highest BCUT2D eigenvalue weighted by atomic mass is 32.2. The molecule has 1 aliphatic rings. The van der Waals surface area contributed by atoms with Crippen molar-refractivity contribution in [3.63, 3.8) is 0 Å². The van der Waals surface area contributed by atoms with Crippen molar-refractivity contribution in [3.8, 4) is 6.07 Å². The Kier molecular flexibility index (Phi) is 26.4. The van der Waals surface area contributed by atoms with E-state index in [2.05, 4.69) is 117 Å². The molecule has 10 heteroatoms.